The van der Waals surface area contributed by atoms with Gasteiger partial charge in [-0.3, -0.25) is 19.7 Å². The van der Waals surface area contributed by atoms with Gasteiger partial charge >= 0.3 is 5.69 Å². The number of anilines is 4. The van der Waals surface area contributed by atoms with E-state index in [4.69, 9.17) is 10.5 Å². The van der Waals surface area contributed by atoms with E-state index >= 15 is 0 Å². The summed E-state index contributed by atoms with van der Waals surface area (Å²) in [7, 11) is 1.37. The molecule has 0 radical (unpaired) electrons. The molecule has 0 saturated heterocycles. The lowest BCUT2D eigenvalue weighted by Crippen LogP contribution is -2.16. The first-order valence-electron chi connectivity index (χ1n) is 10.1. The van der Waals surface area contributed by atoms with Crippen molar-refractivity contribution >= 4 is 40.3 Å². The minimum atomic E-state index is -0.505. The summed E-state index contributed by atoms with van der Waals surface area (Å²) in [5.41, 5.74) is 9.43. The number of amides is 2. The second kappa shape index (κ2) is 8.97. The van der Waals surface area contributed by atoms with Crippen LogP contribution in [0.1, 0.15) is 16.8 Å². The van der Waals surface area contributed by atoms with Gasteiger partial charge in [0.25, 0.3) is 5.91 Å². The molecule has 0 saturated carbocycles. The topological polar surface area (TPSA) is 149 Å². The van der Waals surface area contributed by atoms with Crippen LogP contribution in [0, 0.1) is 10.1 Å². The maximum atomic E-state index is 12.8. The van der Waals surface area contributed by atoms with Gasteiger partial charge in [0.2, 0.25) is 5.91 Å². The van der Waals surface area contributed by atoms with Gasteiger partial charge in [0, 0.05) is 24.7 Å². The summed E-state index contributed by atoms with van der Waals surface area (Å²) in [6.07, 6.45) is 0.198. The van der Waals surface area contributed by atoms with Crippen LogP contribution in [-0.2, 0) is 4.79 Å². The van der Waals surface area contributed by atoms with Crippen LogP contribution in [0.5, 0.6) is 5.75 Å². The second-order valence-corrected chi connectivity index (χ2v) is 7.33. The number of nitrogens with two attached hydrogens (primary N) is 1. The van der Waals surface area contributed by atoms with Crippen molar-refractivity contribution in [3.63, 3.8) is 0 Å². The number of rotatable bonds is 6. The third kappa shape index (κ3) is 4.46. The summed E-state index contributed by atoms with van der Waals surface area (Å²) in [5, 5.41) is 20.0. The van der Waals surface area contributed by atoms with Crippen molar-refractivity contribution < 1.29 is 19.2 Å². The van der Waals surface area contributed by atoms with Gasteiger partial charge in [0.15, 0.2) is 5.75 Å². The SMILES string of the molecule is COc1cc(-c2ccc3c(c2)Nc2ccc(NC(=O)CCN)cc2NC3=O)ccc1[N+](=O)[O-]. The van der Waals surface area contributed by atoms with Gasteiger partial charge in [-0.25, -0.2) is 0 Å². The van der Waals surface area contributed by atoms with Crippen LogP contribution in [-0.4, -0.2) is 30.4 Å². The van der Waals surface area contributed by atoms with E-state index in [1.807, 2.05) is 0 Å². The zero-order chi connectivity index (χ0) is 23.5. The number of hydrogen-bond acceptors (Lipinski definition) is 7. The molecule has 10 heteroatoms. The number of ether oxygens (including phenoxy) is 1. The average Bonchev–Trinajstić information content (AvgIpc) is 2.93. The normalized spacial score (nSPS) is 11.9. The highest BCUT2D eigenvalue weighted by molar-refractivity contribution is 6.13. The maximum absolute atomic E-state index is 12.8. The Bertz CT molecular complexity index is 1270. The van der Waals surface area contributed by atoms with Gasteiger partial charge in [-0.05, 0) is 53.6 Å². The molecule has 0 spiro atoms. The van der Waals surface area contributed by atoms with E-state index < -0.39 is 4.92 Å². The number of carbonyl (C=O) groups is 2. The van der Waals surface area contributed by atoms with E-state index in [-0.39, 0.29) is 36.2 Å². The zero-order valence-electron chi connectivity index (χ0n) is 17.7. The van der Waals surface area contributed by atoms with E-state index in [1.54, 1.807) is 48.5 Å². The molecular formula is C23H21N5O5. The quantitative estimate of drug-likeness (QED) is 0.331. The zero-order valence-corrected chi connectivity index (χ0v) is 17.7. The molecule has 0 unspecified atom stereocenters. The van der Waals surface area contributed by atoms with E-state index in [9.17, 15) is 19.7 Å². The Balaban J connectivity index is 1.67. The van der Waals surface area contributed by atoms with Crippen molar-refractivity contribution in [1.82, 2.24) is 0 Å². The first-order valence-corrected chi connectivity index (χ1v) is 10.1. The third-order valence-electron chi connectivity index (χ3n) is 5.17. The van der Waals surface area contributed by atoms with Gasteiger partial charge in [0.1, 0.15) is 0 Å². The van der Waals surface area contributed by atoms with Gasteiger partial charge in [-0.1, -0.05) is 6.07 Å². The fourth-order valence-electron chi connectivity index (χ4n) is 3.56. The Morgan fingerprint density at radius 2 is 1.79 bits per heavy atom. The van der Waals surface area contributed by atoms with Crippen molar-refractivity contribution in [1.29, 1.82) is 0 Å². The third-order valence-corrected chi connectivity index (χ3v) is 5.17. The van der Waals surface area contributed by atoms with Crippen LogP contribution in [0.15, 0.2) is 54.6 Å². The van der Waals surface area contributed by atoms with Gasteiger partial charge in [-0.15, -0.1) is 0 Å². The van der Waals surface area contributed by atoms with Crippen LogP contribution in [0.2, 0.25) is 0 Å². The smallest absolute Gasteiger partial charge is 0.310 e. The molecule has 33 heavy (non-hydrogen) atoms. The molecule has 3 aromatic rings. The van der Waals surface area contributed by atoms with Crippen molar-refractivity contribution in [2.45, 2.75) is 6.42 Å². The lowest BCUT2D eigenvalue weighted by atomic mass is 10.0. The van der Waals surface area contributed by atoms with E-state index in [0.717, 1.165) is 5.56 Å². The molecule has 1 aliphatic rings. The molecule has 10 nitrogen and oxygen atoms in total. The predicted molar refractivity (Wildman–Crippen MR) is 125 cm³/mol. The number of benzene rings is 3. The summed E-state index contributed by atoms with van der Waals surface area (Å²) < 4.78 is 5.16. The Morgan fingerprint density at radius 3 is 2.52 bits per heavy atom. The van der Waals surface area contributed by atoms with Gasteiger partial charge in [-0.2, -0.15) is 0 Å². The fourth-order valence-corrected chi connectivity index (χ4v) is 3.56. The molecule has 1 aliphatic heterocycles. The highest BCUT2D eigenvalue weighted by Gasteiger charge is 2.21. The molecule has 1 heterocycles. The number of hydrogen-bond donors (Lipinski definition) is 4. The molecule has 2 amide bonds. The number of carbonyl (C=O) groups excluding carboxylic acids is 2. The molecule has 0 fully saturated rings. The predicted octanol–water partition coefficient (Wildman–Crippen LogP) is 3.87. The van der Waals surface area contributed by atoms with Crippen molar-refractivity contribution in [3.8, 4) is 16.9 Å². The number of nitrogens with one attached hydrogen (secondary N) is 3. The first kappa shape index (κ1) is 21.8. The molecule has 0 aliphatic carbocycles. The Morgan fingerprint density at radius 1 is 1.03 bits per heavy atom. The summed E-state index contributed by atoms with van der Waals surface area (Å²) in [6.45, 7) is 0.243. The molecule has 0 bridgehead atoms. The fraction of sp³-hybridized carbons (Fsp3) is 0.130. The van der Waals surface area contributed by atoms with Crippen LogP contribution < -0.4 is 26.4 Å². The van der Waals surface area contributed by atoms with Crippen LogP contribution in [0.3, 0.4) is 0 Å². The Kier molecular flexibility index (Phi) is 5.92. The van der Waals surface area contributed by atoms with E-state index in [1.165, 1.54) is 13.2 Å². The lowest BCUT2D eigenvalue weighted by molar-refractivity contribution is -0.385. The summed E-state index contributed by atoms with van der Waals surface area (Å²) in [4.78, 5) is 35.3. The standard InChI is InChI=1S/C23H21N5O5/c1-33-21-11-14(3-7-20(21)28(31)32)13-2-5-16-18(10-13)26-17-6-4-15(25-22(29)8-9-24)12-19(17)27-23(16)30/h2-7,10-12,26H,8-9,24H2,1H3,(H,25,29)(H,27,30). The minimum absolute atomic E-state index is 0.128. The maximum Gasteiger partial charge on any atom is 0.310 e. The largest absolute Gasteiger partial charge is 0.490 e. The lowest BCUT2D eigenvalue weighted by Gasteiger charge is -2.12. The number of nitro groups is 1. The molecule has 4 rings (SSSR count). The van der Waals surface area contributed by atoms with Gasteiger partial charge < -0.3 is 26.4 Å². The van der Waals surface area contributed by atoms with Crippen molar-refractivity contribution in [2.24, 2.45) is 5.73 Å². The number of methoxy groups -OCH3 is 1. The van der Waals surface area contributed by atoms with Gasteiger partial charge in [0.05, 0.1) is 34.7 Å². The average molecular weight is 447 g/mol. The summed E-state index contributed by atoms with van der Waals surface area (Å²) in [5.74, 6) is -0.376. The van der Waals surface area contributed by atoms with Crippen molar-refractivity contribution in [2.75, 3.05) is 29.6 Å². The summed E-state index contributed by atoms with van der Waals surface area (Å²) in [6, 6.07) is 15.0. The summed E-state index contributed by atoms with van der Waals surface area (Å²) >= 11 is 0. The van der Waals surface area contributed by atoms with Crippen LogP contribution in [0.25, 0.3) is 11.1 Å². The van der Waals surface area contributed by atoms with Crippen molar-refractivity contribution in [3.05, 3.63) is 70.3 Å². The Labute approximate surface area is 188 Å². The number of nitrogens with zero attached hydrogens (tertiary/aromatic N) is 1. The molecular weight excluding hydrogens is 426 g/mol. The molecule has 168 valence electrons. The van der Waals surface area contributed by atoms with Crippen LogP contribution in [0.4, 0.5) is 28.4 Å². The van der Waals surface area contributed by atoms with E-state index in [2.05, 4.69) is 16.0 Å². The molecule has 0 aromatic heterocycles. The Hall–Kier alpha value is -4.44. The molecule has 5 N–H and O–H groups in total. The minimum Gasteiger partial charge on any atom is -0.490 e. The highest BCUT2D eigenvalue weighted by Crippen LogP contribution is 2.37. The monoisotopic (exact) mass is 447 g/mol. The second-order valence-electron chi connectivity index (χ2n) is 7.33. The van der Waals surface area contributed by atoms with Crippen LogP contribution >= 0.6 is 0 Å². The molecule has 3 aromatic carbocycles. The highest BCUT2D eigenvalue weighted by atomic mass is 16.6. The first-order chi connectivity index (χ1) is 15.9. The number of nitro benzene ring substituents is 1. The number of fused-ring (bicyclic) bond motifs is 2. The molecule has 0 atom stereocenters. The van der Waals surface area contributed by atoms with E-state index in [0.29, 0.717) is 33.9 Å².